The molecule has 0 spiro atoms. The highest BCUT2D eigenvalue weighted by Crippen LogP contribution is 2.38. The van der Waals surface area contributed by atoms with Crippen LogP contribution in [0.2, 0.25) is 0 Å². The van der Waals surface area contributed by atoms with E-state index in [0.29, 0.717) is 6.07 Å². The quantitative estimate of drug-likeness (QED) is 0.412. The smallest absolute Gasteiger partial charge is 0.404 e. The van der Waals surface area contributed by atoms with Crippen molar-refractivity contribution in [1.29, 1.82) is 0 Å². The van der Waals surface area contributed by atoms with Crippen molar-refractivity contribution in [3.8, 4) is 5.75 Å². The Kier molecular flexibility index (Phi) is 3.59. The van der Waals surface area contributed by atoms with Gasteiger partial charge in [0, 0.05) is 6.07 Å². The van der Waals surface area contributed by atoms with Crippen LogP contribution in [0.4, 0.5) is 22.0 Å². The fourth-order valence-electron chi connectivity index (χ4n) is 0.750. The highest BCUT2D eigenvalue weighted by atomic mass is 79.9. The fraction of sp³-hybridized carbons (Fsp3) is 0.143. The van der Waals surface area contributed by atoms with Gasteiger partial charge in [0.2, 0.25) is 0 Å². The van der Waals surface area contributed by atoms with Crippen molar-refractivity contribution in [1.82, 2.24) is 0 Å². The summed E-state index contributed by atoms with van der Waals surface area (Å²) in [5.41, 5.74) is 0. The number of alkyl halides is 3. The Labute approximate surface area is 97.5 Å². The lowest BCUT2D eigenvalue weighted by Crippen LogP contribution is -2.17. The largest absolute Gasteiger partial charge is 0.573 e. The third-order valence-electron chi connectivity index (χ3n) is 1.29. The molecule has 1 aromatic carbocycles. The topological polar surface area (TPSA) is 9.23 Å². The first-order valence-electron chi connectivity index (χ1n) is 3.31. The Morgan fingerprint density at radius 2 is 1.60 bits per heavy atom. The number of hydrogen-bond acceptors (Lipinski definition) is 1. The molecule has 0 saturated carbocycles. The molecule has 0 aromatic heterocycles. The minimum Gasteiger partial charge on any atom is -0.404 e. The molecule has 0 atom stereocenters. The first kappa shape index (κ1) is 12.7. The summed E-state index contributed by atoms with van der Waals surface area (Å²) in [5, 5.41) is 0. The van der Waals surface area contributed by atoms with Crippen LogP contribution >= 0.6 is 31.9 Å². The Balaban J connectivity index is 3.21. The molecule has 0 aliphatic carbocycles. The summed E-state index contributed by atoms with van der Waals surface area (Å²) in [6.07, 6.45) is -4.97. The number of rotatable bonds is 1. The van der Waals surface area contributed by atoms with Crippen molar-refractivity contribution in [2.45, 2.75) is 6.36 Å². The average Bonchev–Trinajstić information content (AvgIpc) is 2.08. The predicted octanol–water partition coefficient (Wildman–Crippen LogP) is 4.39. The second-order valence-electron chi connectivity index (χ2n) is 2.35. The minimum atomic E-state index is -4.97. The van der Waals surface area contributed by atoms with E-state index in [4.69, 9.17) is 0 Å². The van der Waals surface area contributed by atoms with Gasteiger partial charge in [-0.25, -0.2) is 8.78 Å². The van der Waals surface area contributed by atoms with Gasteiger partial charge in [0.05, 0.1) is 8.95 Å². The van der Waals surface area contributed by atoms with Gasteiger partial charge in [0.25, 0.3) is 0 Å². The average molecular weight is 356 g/mol. The summed E-state index contributed by atoms with van der Waals surface area (Å²) in [6, 6.07) is 0.303. The summed E-state index contributed by atoms with van der Waals surface area (Å²) in [6.45, 7) is 0. The van der Waals surface area contributed by atoms with Gasteiger partial charge in [-0.3, -0.25) is 0 Å². The van der Waals surface area contributed by atoms with Crippen molar-refractivity contribution in [3.05, 3.63) is 26.6 Å². The molecular formula is C7HBr2F5O. The molecule has 0 aliphatic rings. The highest BCUT2D eigenvalue weighted by molar-refractivity contribution is 9.13. The fourth-order valence-corrected chi connectivity index (χ4v) is 1.50. The zero-order valence-electron chi connectivity index (χ0n) is 6.63. The van der Waals surface area contributed by atoms with Crippen molar-refractivity contribution < 1.29 is 26.7 Å². The number of halogens is 7. The molecule has 0 unspecified atom stereocenters. The van der Waals surface area contributed by atoms with Gasteiger partial charge in [-0.1, -0.05) is 0 Å². The molecular weight excluding hydrogens is 355 g/mol. The van der Waals surface area contributed by atoms with Gasteiger partial charge < -0.3 is 4.74 Å². The van der Waals surface area contributed by atoms with Crippen molar-refractivity contribution in [2.75, 3.05) is 0 Å². The van der Waals surface area contributed by atoms with E-state index >= 15 is 0 Å². The molecule has 0 amide bonds. The van der Waals surface area contributed by atoms with Crippen LogP contribution in [0.25, 0.3) is 0 Å². The van der Waals surface area contributed by atoms with Gasteiger partial charge in [-0.2, -0.15) is 0 Å². The second-order valence-corrected chi connectivity index (χ2v) is 3.93. The molecule has 1 rings (SSSR count). The molecule has 1 nitrogen and oxygen atoms in total. The minimum absolute atomic E-state index is 0.303. The van der Waals surface area contributed by atoms with Crippen LogP contribution in [0.3, 0.4) is 0 Å². The van der Waals surface area contributed by atoms with Crippen LogP contribution in [-0.2, 0) is 0 Å². The maximum absolute atomic E-state index is 12.8. The Hall–Kier alpha value is -0.370. The Morgan fingerprint density at radius 1 is 1.07 bits per heavy atom. The number of hydrogen-bond donors (Lipinski definition) is 0. The van der Waals surface area contributed by atoms with E-state index in [1.54, 1.807) is 0 Å². The van der Waals surface area contributed by atoms with Gasteiger partial charge in [-0.05, 0) is 31.9 Å². The molecule has 0 N–H and O–H groups in total. The Morgan fingerprint density at radius 3 is 2.07 bits per heavy atom. The van der Waals surface area contributed by atoms with Crippen LogP contribution in [-0.4, -0.2) is 6.36 Å². The molecule has 0 heterocycles. The number of ether oxygens (including phenoxy) is 1. The highest BCUT2D eigenvalue weighted by Gasteiger charge is 2.33. The van der Waals surface area contributed by atoms with Gasteiger partial charge in [-0.15, -0.1) is 13.2 Å². The SMILES string of the molecule is Fc1cc(OC(F)(F)F)c(Br)c(Br)c1F. The summed E-state index contributed by atoms with van der Waals surface area (Å²) in [7, 11) is 0. The van der Waals surface area contributed by atoms with E-state index in [1.807, 2.05) is 0 Å². The molecule has 15 heavy (non-hydrogen) atoms. The first-order valence-corrected chi connectivity index (χ1v) is 4.89. The summed E-state index contributed by atoms with van der Waals surface area (Å²) >= 11 is 5.22. The zero-order chi connectivity index (χ0) is 11.8. The van der Waals surface area contributed by atoms with Gasteiger partial charge in [0.15, 0.2) is 11.6 Å². The van der Waals surface area contributed by atoms with Gasteiger partial charge in [0.1, 0.15) is 5.75 Å². The van der Waals surface area contributed by atoms with E-state index in [0.717, 1.165) is 0 Å². The Bertz CT molecular complexity index is 390. The van der Waals surface area contributed by atoms with Crippen LogP contribution in [0.15, 0.2) is 15.0 Å². The van der Waals surface area contributed by atoms with E-state index in [2.05, 4.69) is 36.6 Å². The van der Waals surface area contributed by atoms with Crippen LogP contribution in [0.5, 0.6) is 5.75 Å². The van der Waals surface area contributed by atoms with Crippen LogP contribution in [0, 0.1) is 11.6 Å². The van der Waals surface area contributed by atoms with Crippen LogP contribution in [0.1, 0.15) is 0 Å². The third-order valence-corrected chi connectivity index (χ3v) is 3.36. The zero-order valence-corrected chi connectivity index (χ0v) is 9.80. The maximum Gasteiger partial charge on any atom is 0.573 e. The molecule has 84 valence electrons. The monoisotopic (exact) mass is 354 g/mol. The van der Waals surface area contributed by atoms with Crippen molar-refractivity contribution in [3.63, 3.8) is 0 Å². The molecule has 0 aliphatic heterocycles. The molecule has 8 heteroatoms. The summed E-state index contributed by atoms with van der Waals surface area (Å²) in [5.74, 6) is -3.59. The maximum atomic E-state index is 12.8. The lowest BCUT2D eigenvalue weighted by molar-refractivity contribution is -0.275. The first-order chi connectivity index (χ1) is 6.72. The number of benzene rings is 1. The van der Waals surface area contributed by atoms with E-state index in [-0.39, 0.29) is 4.47 Å². The molecule has 0 bridgehead atoms. The predicted molar refractivity (Wildman–Crippen MR) is 48.4 cm³/mol. The van der Waals surface area contributed by atoms with Gasteiger partial charge >= 0.3 is 6.36 Å². The van der Waals surface area contributed by atoms with Crippen molar-refractivity contribution >= 4 is 31.9 Å². The van der Waals surface area contributed by atoms with E-state index in [1.165, 1.54) is 0 Å². The lowest BCUT2D eigenvalue weighted by Gasteiger charge is -2.11. The molecule has 0 saturated heterocycles. The lowest BCUT2D eigenvalue weighted by atomic mass is 10.3. The second kappa shape index (κ2) is 4.25. The van der Waals surface area contributed by atoms with Crippen LogP contribution < -0.4 is 4.74 Å². The standard InChI is InChI=1S/C7HBr2F5O/c8-4-3(15-7(12,13)14)1-2(10)6(11)5(4)9/h1H. The summed E-state index contributed by atoms with van der Waals surface area (Å²) < 4.78 is 63.6. The third kappa shape index (κ3) is 3.04. The summed E-state index contributed by atoms with van der Waals surface area (Å²) in [4.78, 5) is 0. The van der Waals surface area contributed by atoms with Crippen molar-refractivity contribution in [2.24, 2.45) is 0 Å². The van der Waals surface area contributed by atoms with E-state index in [9.17, 15) is 22.0 Å². The normalized spacial score (nSPS) is 11.7. The molecule has 0 fully saturated rings. The molecule has 0 radical (unpaired) electrons. The molecule has 1 aromatic rings. The van der Waals surface area contributed by atoms with E-state index < -0.39 is 28.2 Å².